The Morgan fingerprint density at radius 2 is 1.53 bits per heavy atom. The Morgan fingerprint density at radius 1 is 0.824 bits per heavy atom. The molecule has 0 bridgehead atoms. The lowest BCUT2D eigenvalue weighted by Crippen LogP contribution is -2.46. The fourth-order valence-corrected chi connectivity index (χ4v) is 5.15. The molecule has 0 unspecified atom stereocenters. The molecule has 0 aromatic heterocycles. The minimum absolute atomic E-state index is 0.107. The van der Waals surface area contributed by atoms with Gasteiger partial charge in [0, 0.05) is 59.2 Å². The molecule has 6 heteroatoms. The quantitative estimate of drug-likeness (QED) is 0.305. The lowest BCUT2D eigenvalue weighted by Gasteiger charge is -2.36. The van der Waals surface area contributed by atoms with Crippen molar-refractivity contribution in [1.82, 2.24) is 4.90 Å². The summed E-state index contributed by atoms with van der Waals surface area (Å²) in [5.74, 6) is -0.107. The molecule has 1 aliphatic heterocycles. The highest BCUT2D eigenvalue weighted by Crippen LogP contribution is 2.27. The van der Waals surface area contributed by atoms with E-state index >= 15 is 0 Å². The number of carbonyl (C=O) groups is 1. The predicted molar refractivity (Wildman–Crippen MR) is 145 cm³/mol. The Hall–Kier alpha value is -2.86. The summed E-state index contributed by atoms with van der Waals surface area (Å²) in [7, 11) is 0. The Labute approximate surface area is 213 Å². The average Bonchev–Trinajstić information content (AvgIpc) is 2.86. The highest BCUT2D eigenvalue weighted by atomic mass is 79.9. The van der Waals surface area contributed by atoms with Crippen LogP contribution in [0.15, 0.2) is 89.4 Å². The van der Waals surface area contributed by atoms with Crippen LogP contribution in [-0.4, -0.2) is 37.0 Å². The zero-order valence-corrected chi connectivity index (χ0v) is 21.0. The van der Waals surface area contributed by atoms with E-state index in [9.17, 15) is 4.79 Å². The number of nitrogens with one attached hydrogen (secondary N) is 1. The van der Waals surface area contributed by atoms with Gasteiger partial charge in [-0.1, -0.05) is 70.0 Å². The van der Waals surface area contributed by atoms with Crippen molar-refractivity contribution < 1.29 is 4.79 Å². The Balaban J connectivity index is 1.21. The highest BCUT2D eigenvalue weighted by molar-refractivity contribution is 9.10. The number of benzene rings is 4. The lowest BCUT2D eigenvalue weighted by atomic mass is 10.0. The maximum atomic E-state index is 13.0. The maximum absolute atomic E-state index is 13.0. The first kappa shape index (κ1) is 22.9. The molecule has 0 atom stereocenters. The minimum atomic E-state index is -0.107. The lowest BCUT2D eigenvalue weighted by molar-refractivity contribution is 0.102. The van der Waals surface area contributed by atoms with E-state index in [0.717, 1.165) is 58.7 Å². The fourth-order valence-electron chi connectivity index (χ4n) is 4.46. The van der Waals surface area contributed by atoms with Crippen molar-refractivity contribution in [1.29, 1.82) is 0 Å². The van der Waals surface area contributed by atoms with Gasteiger partial charge < -0.3 is 10.2 Å². The molecule has 0 saturated carbocycles. The largest absolute Gasteiger partial charge is 0.369 e. The van der Waals surface area contributed by atoms with Crippen LogP contribution in [0.25, 0.3) is 10.8 Å². The van der Waals surface area contributed by atoms with E-state index in [-0.39, 0.29) is 5.91 Å². The molecule has 0 radical (unpaired) electrons. The topological polar surface area (TPSA) is 35.6 Å². The van der Waals surface area contributed by atoms with E-state index in [4.69, 9.17) is 11.6 Å². The second kappa shape index (κ2) is 10.2. The summed E-state index contributed by atoms with van der Waals surface area (Å²) in [4.78, 5) is 17.8. The number of hydrogen-bond acceptors (Lipinski definition) is 3. The summed E-state index contributed by atoms with van der Waals surface area (Å²) in [6.07, 6.45) is 0. The standard InChI is InChI=1S/C28H25BrClN3O/c29-26-9-4-6-23-24(26)7-3-8-25(23)28(34)31-21-11-13-22(14-12-21)33-17-15-32(16-18-33)19-20-5-1-2-10-27(20)30/h1-14H,15-19H2,(H,31,34). The van der Waals surface area contributed by atoms with Crippen molar-refractivity contribution in [3.05, 3.63) is 106 Å². The van der Waals surface area contributed by atoms with E-state index in [2.05, 4.69) is 49.2 Å². The molecule has 1 heterocycles. The van der Waals surface area contributed by atoms with Crippen LogP contribution in [0.5, 0.6) is 0 Å². The zero-order chi connectivity index (χ0) is 23.5. The molecular formula is C28H25BrClN3O. The van der Waals surface area contributed by atoms with Crippen LogP contribution < -0.4 is 10.2 Å². The Kier molecular flexibility index (Phi) is 6.86. The van der Waals surface area contributed by atoms with E-state index in [1.807, 2.05) is 66.7 Å². The van der Waals surface area contributed by atoms with Crippen LogP contribution in [-0.2, 0) is 6.54 Å². The molecule has 1 fully saturated rings. The van der Waals surface area contributed by atoms with Crippen molar-refractivity contribution in [3.8, 4) is 0 Å². The van der Waals surface area contributed by atoms with Crippen LogP contribution in [0.3, 0.4) is 0 Å². The van der Waals surface area contributed by atoms with Crippen molar-refractivity contribution in [2.45, 2.75) is 6.54 Å². The third kappa shape index (κ3) is 4.97. The first-order valence-corrected chi connectivity index (χ1v) is 12.5. The molecule has 34 heavy (non-hydrogen) atoms. The number of fused-ring (bicyclic) bond motifs is 1. The van der Waals surface area contributed by atoms with E-state index in [1.165, 1.54) is 11.3 Å². The van der Waals surface area contributed by atoms with Crippen molar-refractivity contribution in [2.75, 3.05) is 36.4 Å². The molecule has 172 valence electrons. The number of rotatable bonds is 5. The third-order valence-corrected chi connectivity index (χ3v) is 7.39. The fraction of sp³-hybridized carbons (Fsp3) is 0.179. The van der Waals surface area contributed by atoms with Crippen LogP contribution in [0.2, 0.25) is 5.02 Å². The molecule has 4 aromatic rings. The number of halogens is 2. The minimum Gasteiger partial charge on any atom is -0.369 e. The van der Waals surface area contributed by atoms with Crippen LogP contribution >= 0.6 is 27.5 Å². The second-order valence-electron chi connectivity index (χ2n) is 8.50. The van der Waals surface area contributed by atoms with E-state index in [1.54, 1.807) is 0 Å². The molecular weight excluding hydrogens is 510 g/mol. The molecule has 0 aliphatic carbocycles. The maximum Gasteiger partial charge on any atom is 0.256 e. The van der Waals surface area contributed by atoms with Gasteiger partial charge in [-0.2, -0.15) is 0 Å². The van der Waals surface area contributed by atoms with Gasteiger partial charge in [0.05, 0.1) is 0 Å². The summed E-state index contributed by atoms with van der Waals surface area (Å²) in [5.41, 5.74) is 3.80. The van der Waals surface area contributed by atoms with Gasteiger partial charge in [-0.15, -0.1) is 0 Å². The molecule has 1 aliphatic rings. The highest BCUT2D eigenvalue weighted by Gasteiger charge is 2.18. The van der Waals surface area contributed by atoms with Gasteiger partial charge in [0.25, 0.3) is 5.91 Å². The Morgan fingerprint density at radius 3 is 2.29 bits per heavy atom. The van der Waals surface area contributed by atoms with Crippen LogP contribution in [0.1, 0.15) is 15.9 Å². The summed E-state index contributed by atoms with van der Waals surface area (Å²) in [6, 6.07) is 27.9. The number of piperazine rings is 1. The average molecular weight is 535 g/mol. The van der Waals surface area contributed by atoms with Gasteiger partial charge >= 0.3 is 0 Å². The summed E-state index contributed by atoms with van der Waals surface area (Å²) >= 11 is 9.90. The smallest absolute Gasteiger partial charge is 0.256 e. The predicted octanol–water partition coefficient (Wildman–Crippen LogP) is 6.83. The van der Waals surface area contributed by atoms with Gasteiger partial charge in [-0.25, -0.2) is 0 Å². The number of nitrogens with zero attached hydrogens (tertiary/aromatic N) is 2. The molecule has 5 rings (SSSR count). The first-order valence-electron chi connectivity index (χ1n) is 11.4. The van der Waals surface area contributed by atoms with Crippen LogP contribution in [0, 0.1) is 0 Å². The number of amides is 1. The second-order valence-corrected chi connectivity index (χ2v) is 9.76. The normalized spacial score (nSPS) is 14.4. The van der Waals surface area contributed by atoms with Crippen molar-refractivity contribution in [3.63, 3.8) is 0 Å². The van der Waals surface area contributed by atoms with Gasteiger partial charge in [-0.3, -0.25) is 9.69 Å². The van der Waals surface area contributed by atoms with Crippen LogP contribution in [0.4, 0.5) is 11.4 Å². The van der Waals surface area contributed by atoms with Gasteiger partial charge in [0.1, 0.15) is 0 Å². The molecule has 0 spiro atoms. The zero-order valence-electron chi connectivity index (χ0n) is 18.7. The van der Waals surface area contributed by atoms with Crippen molar-refractivity contribution >= 4 is 55.6 Å². The Bertz CT molecular complexity index is 1320. The van der Waals surface area contributed by atoms with E-state index in [0.29, 0.717) is 5.56 Å². The first-order chi connectivity index (χ1) is 16.6. The third-order valence-electron chi connectivity index (χ3n) is 6.33. The molecule has 1 saturated heterocycles. The molecule has 4 aromatic carbocycles. The molecule has 1 N–H and O–H groups in total. The van der Waals surface area contributed by atoms with E-state index < -0.39 is 0 Å². The number of hydrogen-bond donors (Lipinski definition) is 1. The van der Waals surface area contributed by atoms with Gasteiger partial charge in [0.15, 0.2) is 0 Å². The SMILES string of the molecule is O=C(Nc1ccc(N2CCN(Cc3ccccc3Cl)CC2)cc1)c1cccc2c(Br)cccc12. The molecule has 4 nitrogen and oxygen atoms in total. The summed E-state index contributed by atoms with van der Waals surface area (Å²) in [5, 5.41) is 5.84. The van der Waals surface area contributed by atoms with Gasteiger partial charge in [0.2, 0.25) is 0 Å². The van der Waals surface area contributed by atoms with Crippen molar-refractivity contribution in [2.24, 2.45) is 0 Å². The summed E-state index contributed by atoms with van der Waals surface area (Å²) in [6.45, 7) is 4.77. The summed E-state index contributed by atoms with van der Waals surface area (Å²) < 4.78 is 0.982. The van der Waals surface area contributed by atoms with Gasteiger partial charge in [-0.05, 0) is 58.8 Å². The number of carbonyl (C=O) groups excluding carboxylic acids is 1. The molecule has 1 amide bonds. The number of anilines is 2. The monoisotopic (exact) mass is 533 g/mol.